The van der Waals surface area contributed by atoms with Gasteiger partial charge in [-0.15, -0.1) is 0 Å². The number of hydrogen-bond donors (Lipinski definition) is 2. The fourth-order valence-electron chi connectivity index (χ4n) is 4.35. The van der Waals surface area contributed by atoms with Crippen LogP contribution in [-0.4, -0.2) is 84.2 Å². The molecule has 36 heavy (non-hydrogen) atoms. The molecular weight excluding hydrogens is 465 g/mol. The standard InChI is InChI=1S/C25H30FN7O3/c1-25(23(34)27-2)14-35-22(36-15-25)21-30-19(16-4-6-17(26)7-5-16)20(31-21)18-8-9-28-24(29-18)33-12-10-32(3)11-13-33/h4-9,22H,10-15H2,1-3H3,(H,27,34)(H,30,31). The Morgan fingerprint density at radius 1 is 1.11 bits per heavy atom. The molecule has 190 valence electrons. The maximum atomic E-state index is 13.6. The van der Waals surface area contributed by atoms with E-state index in [4.69, 9.17) is 19.4 Å². The Morgan fingerprint density at radius 3 is 2.47 bits per heavy atom. The van der Waals surface area contributed by atoms with Crippen LogP contribution in [0.4, 0.5) is 10.3 Å². The fraction of sp³-hybridized carbons (Fsp3) is 0.440. The van der Waals surface area contributed by atoms with Crippen LogP contribution in [0.25, 0.3) is 22.6 Å². The maximum Gasteiger partial charge on any atom is 0.230 e. The molecule has 0 radical (unpaired) electrons. The third kappa shape index (κ3) is 4.81. The van der Waals surface area contributed by atoms with Crippen molar-refractivity contribution in [2.24, 2.45) is 5.41 Å². The number of likely N-dealkylation sites (N-methyl/N-ethyl adjacent to an activating group) is 1. The molecular formula is C25H30FN7O3. The highest BCUT2D eigenvalue weighted by Crippen LogP contribution is 2.35. The van der Waals surface area contributed by atoms with Crippen LogP contribution in [0, 0.1) is 11.2 Å². The van der Waals surface area contributed by atoms with E-state index >= 15 is 0 Å². The summed E-state index contributed by atoms with van der Waals surface area (Å²) in [7, 11) is 3.69. The second-order valence-electron chi connectivity index (χ2n) is 9.48. The lowest BCUT2D eigenvalue weighted by Gasteiger charge is -2.34. The van der Waals surface area contributed by atoms with Crippen LogP contribution in [0.3, 0.4) is 0 Å². The number of aromatic amines is 1. The van der Waals surface area contributed by atoms with Crippen LogP contribution in [0.2, 0.25) is 0 Å². The highest BCUT2D eigenvalue weighted by Gasteiger charge is 2.40. The number of amides is 1. The zero-order chi connectivity index (χ0) is 25.3. The maximum absolute atomic E-state index is 13.6. The van der Waals surface area contributed by atoms with E-state index in [1.54, 1.807) is 32.3 Å². The topological polar surface area (TPSA) is 108 Å². The van der Waals surface area contributed by atoms with E-state index in [0.717, 1.165) is 31.7 Å². The molecule has 1 aromatic carbocycles. The molecule has 4 heterocycles. The normalized spacial score (nSPS) is 23.0. The van der Waals surface area contributed by atoms with Crippen molar-refractivity contribution < 1.29 is 18.7 Å². The van der Waals surface area contributed by atoms with Crippen molar-refractivity contribution in [3.05, 3.63) is 48.2 Å². The number of imidazole rings is 1. The Hall–Kier alpha value is -3.41. The van der Waals surface area contributed by atoms with Crippen LogP contribution in [0.15, 0.2) is 36.5 Å². The first-order valence-electron chi connectivity index (χ1n) is 11.9. The van der Waals surface area contributed by atoms with E-state index in [2.05, 4.69) is 32.1 Å². The van der Waals surface area contributed by atoms with Gasteiger partial charge in [0.1, 0.15) is 5.82 Å². The van der Waals surface area contributed by atoms with E-state index < -0.39 is 11.7 Å². The summed E-state index contributed by atoms with van der Waals surface area (Å²) in [5, 5.41) is 2.65. The molecule has 2 saturated heterocycles. The third-order valence-corrected chi connectivity index (χ3v) is 6.63. The molecule has 11 heteroatoms. The van der Waals surface area contributed by atoms with E-state index in [0.29, 0.717) is 28.9 Å². The Kier molecular flexibility index (Phi) is 6.69. The van der Waals surface area contributed by atoms with Crippen molar-refractivity contribution >= 4 is 11.9 Å². The largest absolute Gasteiger partial charge is 0.359 e. The average Bonchev–Trinajstić information content (AvgIpc) is 3.35. The summed E-state index contributed by atoms with van der Waals surface area (Å²) in [6.45, 7) is 5.71. The summed E-state index contributed by atoms with van der Waals surface area (Å²) in [5.74, 6) is 0.616. The molecule has 5 rings (SSSR count). The number of H-pyrrole nitrogens is 1. The van der Waals surface area contributed by atoms with Crippen molar-refractivity contribution in [2.45, 2.75) is 13.2 Å². The molecule has 0 saturated carbocycles. The smallest absolute Gasteiger partial charge is 0.230 e. The summed E-state index contributed by atoms with van der Waals surface area (Å²) in [6, 6.07) is 7.95. The van der Waals surface area contributed by atoms with Crippen molar-refractivity contribution in [2.75, 3.05) is 58.4 Å². The van der Waals surface area contributed by atoms with Crippen molar-refractivity contribution in [1.82, 2.24) is 30.2 Å². The van der Waals surface area contributed by atoms with Gasteiger partial charge < -0.3 is 29.6 Å². The van der Waals surface area contributed by atoms with Crippen LogP contribution in [0.1, 0.15) is 19.0 Å². The first-order valence-corrected chi connectivity index (χ1v) is 11.9. The van der Waals surface area contributed by atoms with Gasteiger partial charge in [-0.3, -0.25) is 4.79 Å². The second kappa shape index (κ2) is 9.92. The number of ether oxygens (including phenoxy) is 2. The van der Waals surface area contributed by atoms with Crippen molar-refractivity contribution in [3.8, 4) is 22.6 Å². The highest BCUT2D eigenvalue weighted by atomic mass is 19.1. The summed E-state index contributed by atoms with van der Waals surface area (Å²) in [4.78, 5) is 34.1. The molecule has 0 atom stereocenters. The van der Waals surface area contributed by atoms with Crippen LogP contribution in [0.5, 0.6) is 0 Å². The van der Waals surface area contributed by atoms with Gasteiger partial charge in [-0.25, -0.2) is 19.3 Å². The molecule has 2 N–H and O–H groups in total. The number of anilines is 1. The zero-order valence-corrected chi connectivity index (χ0v) is 20.6. The van der Waals surface area contributed by atoms with Gasteiger partial charge in [0.25, 0.3) is 0 Å². The van der Waals surface area contributed by atoms with E-state index in [-0.39, 0.29) is 24.9 Å². The van der Waals surface area contributed by atoms with Gasteiger partial charge in [0.15, 0.2) is 5.82 Å². The molecule has 0 bridgehead atoms. The molecule has 0 unspecified atom stereocenters. The number of nitrogens with zero attached hydrogens (tertiary/aromatic N) is 5. The van der Waals surface area contributed by atoms with Crippen LogP contribution < -0.4 is 10.2 Å². The predicted octanol–water partition coefficient (Wildman–Crippen LogP) is 2.22. The number of halogens is 1. The SMILES string of the molecule is CNC(=O)C1(C)COC(c2nc(-c3ccc(F)cc3)c(-c3ccnc(N4CCN(C)CC4)n3)[nH]2)OC1. The molecule has 1 amide bonds. The van der Waals surface area contributed by atoms with E-state index in [9.17, 15) is 9.18 Å². The van der Waals surface area contributed by atoms with E-state index in [1.807, 2.05) is 6.07 Å². The van der Waals surface area contributed by atoms with Crippen LogP contribution in [-0.2, 0) is 14.3 Å². The van der Waals surface area contributed by atoms with Gasteiger partial charge in [-0.05, 0) is 44.3 Å². The number of hydrogen-bond acceptors (Lipinski definition) is 8. The molecule has 2 aliphatic heterocycles. The quantitative estimate of drug-likeness (QED) is 0.555. The molecule has 0 spiro atoms. The Bertz CT molecular complexity index is 1220. The lowest BCUT2D eigenvalue weighted by Crippen LogP contribution is -2.47. The first kappa shape index (κ1) is 24.3. The zero-order valence-electron chi connectivity index (χ0n) is 20.6. The Morgan fingerprint density at radius 2 is 1.81 bits per heavy atom. The first-order chi connectivity index (χ1) is 17.4. The van der Waals surface area contributed by atoms with Crippen molar-refractivity contribution in [1.29, 1.82) is 0 Å². The molecule has 0 aliphatic carbocycles. The number of carbonyl (C=O) groups excluding carboxylic acids is 1. The molecule has 3 aromatic rings. The number of piperazine rings is 1. The fourth-order valence-corrected chi connectivity index (χ4v) is 4.35. The minimum atomic E-state index is -0.787. The third-order valence-electron chi connectivity index (χ3n) is 6.63. The molecule has 2 fully saturated rings. The summed E-state index contributed by atoms with van der Waals surface area (Å²) in [6.07, 6.45) is 0.947. The summed E-state index contributed by atoms with van der Waals surface area (Å²) < 4.78 is 25.5. The monoisotopic (exact) mass is 495 g/mol. The highest BCUT2D eigenvalue weighted by molar-refractivity contribution is 5.82. The van der Waals surface area contributed by atoms with Gasteiger partial charge in [-0.1, -0.05) is 0 Å². The summed E-state index contributed by atoms with van der Waals surface area (Å²) >= 11 is 0. The van der Waals surface area contributed by atoms with Gasteiger partial charge in [0.2, 0.25) is 18.1 Å². The average molecular weight is 496 g/mol. The van der Waals surface area contributed by atoms with Crippen molar-refractivity contribution in [3.63, 3.8) is 0 Å². The van der Waals surface area contributed by atoms with Gasteiger partial charge in [-0.2, -0.15) is 0 Å². The summed E-state index contributed by atoms with van der Waals surface area (Å²) in [5.41, 5.74) is 1.84. The van der Waals surface area contributed by atoms with Gasteiger partial charge in [0.05, 0.1) is 35.7 Å². The Balaban J connectivity index is 1.48. The predicted molar refractivity (Wildman–Crippen MR) is 132 cm³/mol. The van der Waals surface area contributed by atoms with Gasteiger partial charge in [0, 0.05) is 45.0 Å². The molecule has 10 nitrogen and oxygen atoms in total. The second-order valence-corrected chi connectivity index (χ2v) is 9.48. The number of aromatic nitrogens is 4. The number of benzene rings is 1. The lowest BCUT2D eigenvalue weighted by atomic mass is 9.91. The number of carbonyl (C=O) groups is 1. The molecule has 2 aromatic heterocycles. The lowest BCUT2D eigenvalue weighted by molar-refractivity contribution is -0.230. The minimum Gasteiger partial charge on any atom is -0.359 e. The Labute approximate surface area is 208 Å². The minimum absolute atomic E-state index is 0.148. The number of nitrogens with one attached hydrogen (secondary N) is 2. The molecule has 2 aliphatic rings. The van der Waals surface area contributed by atoms with Crippen LogP contribution >= 0.6 is 0 Å². The van der Waals surface area contributed by atoms with Gasteiger partial charge >= 0.3 is 0 Å². The van der Waals surface area contributed by atoms with E-state index in [1.165, 1.54) is 12.1 Å². The number of rotatable bonds is 5.